The molecule has 0 fully saturated rings. The Hall–Kier alpha value is -0.660. The van der Waals surface area contributed by atoms with Gasteiger partial charge in [0.15, 0.2) is 0 Å². The Morgan fingerprint density at radius 2 is 2.00 bits per heavy atom. The summed E-state index contributed by atoms with van der Waals surface area (Å²) in [5, 5.41) is 3.41. The normalized spacial score (nSPS) is 12.0. The van der Waals surface area contributed by atoms with E-state index in [-0.39, 0.29) is 9.92 Å². The molecule has 21 heavy (non-hydrogen) atoms. The van der Waals surface area contributed by atoms with Crippen LogP contribution in [0.4, 0.5) is 0 Å². The van der Waals surface area contributed by atoms with Crippen molar-refractivity contribution in [3.8, 4) is 0 Å². The lowest BCUT2D eigenvalue weighted by atomic mass is 10.2. The molecular formula is C14H24ClN3O2S. The van der Waals surface area contributed by atoms with E-state index in [1.165, 1.54) is 0 Å². The van der Waals surface area contributed by atoms with Gasteiger partial charge in [-0.1, -0.05) is 31.5 Å². The maximum absolute atomic E-state index is 12.3. The molecule has 0 saturated carbocycles. The van der Waals surface area contributed by atoms with Crippen molar-refractivity contribution in [2.75, 3.05) is 33.2 Å². The molecule has 0 radical (unpaired) electrons. The molecule has 0 saturated heterocycles. The van der Waals surface area contributed by atoms with Gasteiger partial charge in [-0.2, -0.15) is 0 Å². The first kappa shape index (κ1) is 18.4. The van der Waals surface area contributed by atoms with Crippen LogP contribution in [-0.4, -0.2) is 46.5 Å². The SMILES string of the molecule is CCNCc1ccc(Cl)c(S(=O)(=O)NCCN(C)CC)c1. The predicted molar refractivity (Wildman–Crippen MR) is 87.2 cm³/mol. The topological polar surface area (TPSA) is 61.4 Å². The first-order valence-corrected chi connectivity index (χ1v) is 8.94. The maximum Gasteiger partial charge on any atom is 0.242 e. The largest absolute Gasteiger partial charge is 0.313 e. The van der Waals surface area contributed by atoms with Gasteiger partial charge in [-0.25, -0.2) is 13.1 Å². The predicted octanol–water partition coefficient (Wildman–Crippen LogP) is 1.68. The summed E-state index contributed by atoms with van der Waals surface area (Å²) in [6, 6.07) is 5.08. The van der Waals surface area contributed by atoms with Gasteiger partial charge >= 0.3 is 0 Å². The van der Waals surface area contributed by atoms with E-state index in [0.717, 1.165) is 18.7 Å². The van der Waals surface area contributed by atoms with Crippen LogP contribution in [0.5, 0.6) is 0 Å². The molecule has 5 nitrogen and oxygen atoms in total. The van der Waals surface area contributed by atoms with Crippen LogP contribution in [0.25, 0.3) is 0 Å². The third kappa shape index (κ3) is 5.92. The minimum atomic E-state index is -3.58. The fraction of sp³-hybridized carbons (Fsp3) is 0.571. The van der Waals surface area contributed by atoms with E-state index in [1.54, 1.807) is 12.1 Å². The lowest BCUT2D eigenvalue weighted by Crippen LogP contribution is -2.33. The fourth-order valence-corrected chi connectivity index (χ4v) is 3.31. The standard InChI is InChI=1S/C14H24ClN3O2S/c1-4-16-11-12-6-7-13(15)14(10-12)21(19,20)17-8-9-18(3)5-2/h6-7,10,16-17H,4-5,8-9,11H2,1-3H3. The molecule has 0 heterocycles. The first-order chi connectivity index (χ1) is 9.90. The molecular weight excluding hydrogens is 310 g/mol. The molecule has 7 heteroatoms. The Labute approximate surface area is 132 Å². The quantitative estimate of drug-likeness (QED) is 0.722. The number of hydrogen-bond donors (Lipinski definition) is 2. The van der Waals surface area contributed by atoms with Crippen LogP contribution in [0.1, 0.15) is 19.4 Å². The van der Waals surface area contributed by atoms with Crippen molar-refractivity contribution in [1.82, 2.24) is 14.9 Å². The van der Waals surface area contributed by atoms with Crippen LogP contribution in [0.2, 0.25) is 5.02 Å². The molecule has 2 N–H and O–H groups in total. The maximum atomic E-state index is 12.3. The molecule has 0 bridgehead atoms. The second-order valence-corrected chi connectivity index (χ2v) is 6.98. The van der Waals surface area contributed by atoms with Crippen molar-refractivity contribution in [2.45, 2.75) is 25.3 Å². The van der Waals surface area contributed by atoms with Gasteiger partial charge in [-0.05, 0) is 37.8 Å². The van der Waals surface area contributed by atoms with E-state index in [9.17, 15) is 8.42 Å². The van der Waals surface area contributed by atoms with E-state index < -0.39 is 10.0 Å². The smallest absolute Gasteiger partial charge is 0.242 e. The molecule has 1 aromatic carbocycles. The van der Waals surface area contributed by atoms with Gasteiger partial charge in [-0.15, -0.1) is 0 Å². The number of halogens is 1. The summed E-state index contributed by atoms with van der Waals surface area (Å²) in [6.45, 7) is 7.36. The molecule has 0 spiro atoms. The number of nitrogens with one attached hydrogen (secondary N) is 2. The minimum absolute atomic E-state index is 0.138. The van der Waals surface area contributed by atoms with E-state index in [1.807, 2.05) is 31.9 Å². The number of benzene rings is 1. The number of likely N-dealkylation sites (N-methyl/N-ethyl adjacent to an activating group) is 1. The summed E-state index contributed by atoms with van der Waals surface area (Å²) < 4.78 is 27.2. The van der Waals surface area contributed by atoms with Crippen LogP contribution < -0.4 is 10.0 Å². The van der Waals surface area contributed by atoms with Crippen molar-refractivity contribution in [3.63, 3.8) is 0 Å². The summed E-state index contributed by atoms with van der Waals surface area (Å²) >= 11 is 6.03. The second kappa shape index (κ2) is 8.70. The average Bonchev–Trinajstić information content (AvgIpc) is 2.45. The van der Waals surface area contributed by atoms with Crippen molar-refractivity contribution < 1.29 is 8.42 Å². The van der Waals surface area contributed by atoms with Crippen LogP contribution >= 0.6 is 11.6 Å². The zero-order valence-corrected chi connectivity index (χ0v) is 14.4. The molecule has 0 amide bonds. The monoisotopic (exact) mass is 333 g/mol. The molecule has 1 rings (SSSR count). The van der Waals surface area contributed by atoms with E-state index in [4.69, 9.17) is 11.6 Å². The van der Waals surface area contributed by atoms with E-state index in [0.29, 0.717) is 19.6 Å². The summed E-state index contributed by atoms with van der Waals surface area (Å²) in [6.07, 6.45) is 0. The lowest BCUT2D eigenvalue weighted by Gasteiger charge is -2.15. The van der Waals surface area contributed by atoms with Crippen LogP contribution in [0.15, 0.2) is 23.1 Å². The summed E-state index contributed by atoms with van der Waals surface area (Å²) in [5.74, 6) is 0. The molecule has 1 aromatic rings. The summed E-state index contributed by atoms with van der Waals surface area (Å²) in [5.41, 5.74) is 0.896. The van der Waals surface area contributed by atoms with Gasteiger partial charge in [0.25, 0.3) is 0 Å². The Morgan fingerprint density at radius 3 is 2.62 bits per heavy atom. The van der Waals surface area contributed by atoms with Crippen LogP contribution in [-0.2, 0) is 16.6 Å². The van der Waals surface area contributed by atoms with Crippen molar-refractivity contribution >= 4 is 21.6 Å². The van der Waals surface area contributed by atoms with Crippen molar-refractivity contribution in [2.24, 2.45) is 0 Å². The summed E-state index contributed by atoms with van der Waals surface area (Å²) in [4.78, 5) is 2.17. The number of hydrogen-bond acceptors (Lipinski definition) is 4. The Morgan fingerprint density at radius 1 is 1.29 bits per heavy atom. The third-order valence-electron chi connectivity index (χ3n) is 3.19. The van der Waals surface area contributed by atoms with Gasteiger partial charge in [0, 0.05) is 19.6 Å². The average molecular weight is 334 g/mol. The summed E-state index contributed by atoms with van der Waals surface area (Å²) in [7, 11) is -1.64. The number of nitrogens with zero attached hydrogens (tertiary/aromatic N) is 1. The van der Waals surface area contributed by atoms with E-state index in [2.05, 4.69) is 10.0 Å². The molecule has 0 aromatic heterocycles. The minimum Gasteiger partial charge on any atom is -0.313 e. The highest BCUT2D eigenvalue weighted by atomic mass is 35.5. The molecule has 120 valence electrons. The highest BCUT2D eigenvalue weighted by Gasteiger charge is 2.18. The molecule has 0 aliphatic rings. The van der Waals surface area contributed by atoms with E-state index >= 15 is 0 Å². The van der Waals surface area contributed by atoms with Crippen LogP contribution in [0, 0.1) is 0 Å². The second-order valence-electron chi connectivity index (χ2n) is 4.84. The zero-order chi connectivity index (χ0) is 15.9. The van der Waals surface area contributed by atoms with Crippen LogP contribution in [0.3, 0.4) is 0 Å². The van der Waals surface area contributed by atoms with Gasteiger partial charge in [0.05, 0.1) is 5.02 Å². The van der Waals surface area contributed by atoms with Gasteiger partial charge in [0.2, 0.25) is 10.0 Å². The first-order valence-electron chi connectivity index (χ1n) is 7.08. The van der Waals surface area contributed by atoms with Crippen molar-refractivity contribution in [3.05, 3.63) is 28.8 Å². The van der Waals surface area contributed by atoms with Gasteiger partial charge < -0.3 is 10.2 Å². The number of sulfonamides is 1. The number of rotatable bonds is 9. The molecule has 0 unspecified atom stereocenters. The Bertz CT molecular complexity index is 549. The highest BCUT2D eigenvalue weighted by Crippen LogP contribution is 2.22. The Kier molecular flexibility index (Phi) is 7.62. The van der Waals surface area contributed by atoms with Gasteiger partial charge in [0.1, 0.15) is 4.90 Å². The van der Waals surface area contributed by atoms with Gasteiger partial charge in [-0.3, -0.25) is 0 Å². The Balaban J connectivity index is 2.81. The molecule has 0 atom stereocenters. The fourth-order valence-electron chi connectivity index (χ4n) is 1.74. The van der Waals surface area contributed by atoms with Crippen molar-refractivity contribution in [1.29, 1.82) is 0 Å². The molecule has 0 aliphatic carbocycles. The third-order valence-corrected chi connectivity index (χ3v) is 5.13. The lowest BCUT2D eigenvalue weighted by molar-refractivity contribution is 0.358. The zero-order valence-electron chi connectivity index (χ0n) is 12.8. The molecule has 0 aliphatic heterocycles. The highest BCUT2D eigenvalue weighted by molar-refractivity contribution is 7.89.